The van der Waals surface area contributed by atoms with E-state index in [1.54, 1.807) is 5.57 Å². The third kappa shape index (κ3) is 67.7. The van der Waals surface area contributed by atoms with Crippen molar-refractivity contribution in [3.05, 3.63) is 96.6 Å². The van der Waals surface area contributed by atoms with Crippen molar-refractivity contribution in [1.29, 1.82) is 0 Å². The fraction of sp³-hybridized carbons (Fsp3) is 0.853. The van der Waals surface area contributed by atoms with E-state index in [1.807, 2.05) is 0 Å². The summed E-state index contributed by atoms with van der Waals surface area (Å²) in [5.41, 5.74) is 9.39. The van der Waals surface area contributed by atoms with E-state index in [9.17, 15) is 0 Å². The van der Waals surface area contributed by atoms with Gasteiger partial charge in [-0.2, -0.15) is 0 Å². The number of likely N-dealkylation sites (tertiary alicyclic amines) is 2. The maximum absolute atomic E-state index is 2.62. The zero-order valence-corrected chi connectivity index (χ0v) is 89.5. The molecule has 2 unspecified atom stereocenters. The number of allylic oxidation sites excluding steroid dienone is 8. The Bertz CT molecular complexity index is 2640. The van der Waals surface area contributed by atoms with Crippen molar-refractivity contribution in [1.82, 2.24) is 34.3 Å². The highest BCUT2D eigenvalue weighted by Gasteiger charge is 2.34. The van der Waals surface area contributed by atoms with Crippen LogP contribution in [0, 0.1) is 66.5 Å². The molecule has 116 heavy (non-hydrogen) atoms. The lowest BCUT2D eigenvalue weighted by atomic mass is 9.73. The van der Waals surface area contributed by atoms with Gasteiger partial charge < -0.3 is 14.7 Å². The summed E-state index contributed by atoms with van der Waals surface area (Å²) in [7, 11) is 0. The molecule has 0 N–H and O–H groups in total. The van der Waals surface area contributed by atoms with E-state index in [0.29, 0.717) is 82.3 Å². The second-order valence-electron chi connectivity index (χ2n) is 53.7. The van der Waals surface area contributed by atoms with E-state index in [4.69, 9.17) is 0 Å². The molecule has 8 rings (SSSR count). The van der Waals surface area contributed by atoms with Gasteiger partial charge in [-0.05, 0) is 333 Å². The first-order valence-electron chi connectivity index (χ1n) is 47.0. The van der Waals surface area contributed by atoms with Crippen LogP contribution >= 0.6 is 0 Å². The van der Waals surface area contributed by atoms with Crippen LogP contribution in [0.4, 0.5) is 0 Å². The molecular weight excluding hydrogens is 1410 g/mol. The van der Waals surface area contributed by atoms with Crippen molar-refractivity contribution in [2.24, 2.45) is 66.5 Å². The van der Waals surface area contributed by atoms with Gasteiger partial charge in [0.25, 0.3) is 0 Å². The topological polar surface area (TPSA) is 22.7 Å². The van der Waals surface area contributed by atoms with Crippen molar-refractivity contribution in [3.63, 3.8) is 0 Å². The van der Waals surface area contributed by atoms with Gasteiger partial charge in [0.2, 0.25) is 0 Å². The lowest BCUT2D eigenvalue weighted by Crippen LogP contribution is -2.47. The summed E-state index contributed by atoms with van der Waals surface area (Å²) in [6.07, 6.45) is 46.2. The molecule has 0 aromatic rings. The van der Waals surface area contributed by atoms with Crippen LogP contribution in [-0.4, -0.2) is 145 Å². The lowest BCUT2D eigenvalue weighted by Gasteiger charge is -2.44. The second kappa shape index (κ2) is 50.8. The van der Waals surface area contributed by atoms with Crippen LogP contribution in [0.25, 0.3) is 0 Å². The van der Waals surface area contributed by atoms with Crippen molar-refractivity contribution >= 4 is 0 Å². The Balaban J connectivity index is -0.000000599. The van der Waals surface area contributed by atoms with Gasteiger partial charge in [0.1, 0.15) is 0 Å². The first kappa shape index (κ1) is 119. The molecule has 0 aromatic heterocycles. The first-order valence-corrected chi connectivity index (χ1v) is 47.0. The summed E-state index contributed by atoms with van der Waals surface area (Å²) < 4.78 is 0. The van der Waals surface area contributed by atoms with Gasteiger partial charge in [-0.1, -0.05) is 287 Å². The minimum atomic E-state index is 0.265. The molecule has 7 aliphatic heterocycles. The smallest absolute Gasteiger partial charge is 0.0362 e. The third-order valence-corrected chi connectivity index (χ3v) is 20.9. The van der Waals surface area contributed by atoms with Crippen LogP contribution in [-0.2, 0) is 0 Å². The molecule has 0 saturated carbocycles. The zero-order valence-electron chi connectivity index (χ0n) is 89.5. The third-order valence-electron chi connectivity index (χ3n) is 20.9. The molecule has 2 atom stereocenters. The van der Waals surface area contributed by atoms with E-state index in [2.05, 4.69) is 480 Å². The fourth-order valence-electron chi connectivity index (χ4n) is 13.1. The summed E-state index contributed by atoms with van der Waals surface area (Å²) in [6.45, 7) is 131. The standard InChI is InChI=1S/C14H24.C13H27N.2C13H25N.C9H19N.2C9H17N.C9H15N.4C5H12/c1-13(2,3)11-7-9-12(10-8-11)14(4,5)6;3*1-12(2,3)11-7-9-14(10-8-11)13(4,5)6;4*1-9(2,3)10-7-5-4-6-8-10;4*1-5(2,3)4/h7-9,12H,10H2,1-6H3;11H,7-10H2,1-6H3;7H,8-10H2,1-6H3;7,9,11H,8,10H2,1-6H3;4-8H2,1-3H3;5,7H,4,6,8H2,1-3H3;4-5H,6-8H2,1-3H3;4-7H,8H2,1-3H3;4*1-4H3. The number of nitrogens with zero attached hydrogens (tertiary/aromatic N) is 7. The van der Waals surface area contributed by atoms with Crippen LogP contribution in [0.1, 0.15) is 431 Å². The summed E-state index contributed by atoms with van der Waals surface area (Å²) in [4.78, 5) is 17.4. The Morgan fingerprint density at radius 1 is 0.267 bits per heavy atom. The van der Waals surface area contributed by atoms with Crippen LogP contribution in [0.3, 0.4) is 0 Å². The minimum Gasteiger partial charge on any atom is -0.373 e. The molecular formula is C109H217N7. The minimum absolute atomic E-state index is 0.265. The normalized spacial score (nSPS) is 20.2. The predicted octanol–water partition coefficient (Wildman–Crippen LogP) is 32.3. The highest BCUT2D eigenvalue weighted by molar-refractivity contribution is 5.29. The summed E-state index contributed by atoms with van der Waals surface area (Å²) in [5.74, 6) is 2.36. The van der Waals surface area contributed by atoms with Crippen LogP contribution in [0.2, 0.25) is 0 Å². The van der Waals surface area contributed by atoms with E-state index < -0.39 is 0 Å². The summed E-state index contributed by atoms with van der Waals surface area (Å²) >= 11 is 0. The van der Waals surface area contributed by atoms with Crippen molar-refractivity contribution in [2.75, 3.05) is 72.0 Å². The largest absolute Gasteiger partial charge is 0.373 e. The Morgan fingerprint density at radius 3 is 0.914 bits per heavy atom. The fourth-order valence-corrected chi connectivity index (χ4v) is 13.1. The molecule has 0 amide bonds. The maximum atomic E-state index is 2.62. The summed E-state index contributed by atoms with van der Waals surface area (Å²) in [5, 5.41) is 0. The molecule has 0 aromatic carbocycles. The first-order chi connectivity index (χ1) is 51.3. The van der Waals surface area contributed by atoms with Crippen molar-refractivity contribution < 1.29 is 0 Å². The second-order valence-corrected chi connectivity index (χ2v) is 53.7. The van der Waals surface area contributed by atoms with E-state index in [1.165, 1.54) is 129 Å². The molecule has 8 aliphatic rings. The lowest BCUT2D eigenvalue weighted by molar-refractivity contribution is 0.0532. The molecule has 0 bridgehead atoms. The van der Waals surface area contributed by atoms with Crippen LogP contribution in [0.5, 0.6) is 0 Å². The molecule has 7 heteroatoms. The Hall–Kier alpha value is -2.84. The number of rotatable bonds is 0. The number of hydrogen-bond acceptors (Lipinski definition) is 7. The Morgan fingerprint density at radius 2 is 0.672 bits per heavy atom. The highest BCUT2D eigenvalue weighted by atomic mass is 15.2. The Labute approximate surface area is 734 Å². The van der Waals surface area contributed by atoms with Gasteiger partial charge in [0, 0.05) is 84.6 Å². The van der Waals surface area contributed by atoms with E-state index in [0.717, 1.165) is 31.5 Å². The maximum Gasteiger partial charge on any atom is 0.0362 e. The van der Waals surface area contributed by atoms with Gasteiger partial charge >= 0.3 is 0 Å². The molecule has 2 saturated heterocycles. The quantitative estimate of drug-likeness (QED) is 0.223. The average molecular weight is 1630 g/mol. The molecule has 0 spiro atoms. The van der Waals surface area contributed by atoms with Crippen molar-refractivity contribution in [2.45, 2.75) is 469 Å². The average Bonchev–Trinajstić information content (AvgIpc) is 0.836. The number of piperidine rings is 2. The molecule has 688 valence electrons. The Kier molecular flexibility index (Phi) is 52.3. The van der Waals surface area contributed by atoms with Gasteiger partial charge in [0.05, 0.1) is 0 Å². The monoisotopic (exact) mass is 1620 g/mol. The van der Waals surface area contributed by atoms with Crippen LogP contribution < -0.4 is 0 Å². The summed E-state index contributed by atoms with van der Waals surface area (Å²) in [6, 6.07) is 0. The van der Waals surface area contributed by atoms with Gasteiger partial charge in [0.15, 0.2) is 0 Å². The molecule has 1 aliphatic carbocycles. The molecule has 0 radical (unpaired) electrons. The van der Waals surface area contributed by atoms with Gasteiger partial charge in [-0.3, -0.25) is 19.6 Å². The molecule has 7 heterocycles. The SMILES string of the molecule is CC(C)(C)C.CC(C)(C)C.CC(C)(C)C.CC(C)(C)C.CC(C)(C)C1=CCC(C(C)(C)C)C=C1.CC(C)(C)C1=CCN(C(C)(C)C)CC1.CC(C)(C)C1C=CN(C(C)(C)C)CC1.CC(C)(C)C1CCN(C(C)(C)C)CC1.CC(C)(C)N1C=CC=CC1.CC(C)(C)N1C=CCCC1.CC(C)(C)N1CC=CCC1.CC(C)(C)N1CCCCC1. The predicted molar refractivity (Wildman–Crippen MR) is 535 cm³/mol. The van der Waals surface area contributed by atoms with Gasteiger partial charge in [-0.25, -0.2) is 0 Å². The number of hydrogen-bond donors (Lipinski definition) is 0. The van der Waals surface area contributed by atoms with Crippen LogP contribution in [0.15, 0.2) is 96.6 Å². The highest BCUT2D eigenvalue weighted by Crippen LogP contribution is 2.40. The van der Waals surface area contributed by atoms with E-state index >= 15 is 0 Å². The van der Waals surface area contributed by atoms with E-state index in [-0.39, 0.29) is 11.1 Å². The van der Waals surface area contributed by atoms with Gasteiger partial charge in [-0.15, -0.1) is 0 Å². The molecule has 2 fully saturated rings. The molecule has 7 nitrogen and oxygen atoms in total. The zero-order chi connectivity index (χ0) is 92.4. The van der Waals surface area contributed by atoms with Crippen molar-refractivity contribution in [3.8, 4) is 0 Å².